The van der Waals surface area contributed by atoms with Crippen LogP contribution in [0.1, 0.15) is 58.6 Å². The minimum absolute atomic E-state index is 0.00829. The normalized spacial score (nSPS) is 14.8. The topological polar surface area (TPSA) is 131 Å². The van der Waals surface area contributed by atoms with E-state index < -0.39 is 0 Å². The Hall–Kier alpha value is -5.06. The predicted octanol–water partition coefficient (Wildman–Crippen LogP) is 4.81. The van der Waals surface area contributed by atoms with Crippen molar-refractivity contribution in [3.05, 3.63) is 73.3 Å². The minimum Gasteiger partial charge on any atom is -0.353 e. The highest BCUT2D eigenvalue weighted by Gasteiger charge is 2.24. The van der Waals surface area contributed by atoms with Gasteiger partial charge in [0.05, 0.1) is 33.5 Å². The van der Waals surface area contributed by atoms with Crippen molar-refractivity contribution in [2.75, 3.05) is 0 Å². The van der Waals surface area contributed by atoms with Gasteiger partial charge in [-0.05, 0) is 80.8 Å². The number of fused-ring (bicyclic) bond motifs is 10. The maximum absolute atomic E-state index is 12.2. The number of aromatic amines is 3. The van der Waals surface area contributed by atoms with Crippen LogP contribution in [-0.4, -0.2) is 44.2 Å². The largest absolute Gasteiger partial charge is 0.353 e. The van der Waals surface area contributed by atoms with E-state index in [0.717, 1.165) is 105 Å². The molecule has 7 aromatic rings. The number of H-pyrrole nitrogens is 3. The lowest BCUT2D eigenvalue weighted by molar-refractivity contribution is 0.0978. The Kier molecular flexibility index (Phi) is 5.94. The average molecular weight is 605 g/mol. The first kappa shape index (κ1) is 27.5. The molecule has 11 nitrogen and oxygen atoms in total. The number of Topliss-reactive ketones (excluding diaryl/α,β-unsaturated/α-hetero) is 1. The van der Waals surface area contributed by atoms with Crippen LogP contribution in [0.5, 0.6) is 0 Å². The van der Waals surface area contributed by atoms with E-state index in [-0.39, 0.29) is 17.2 Å². The molecule has 0 radical (unpaired) electrons. The van der Waals surface area contributed by atoms with E-state index in [1.54, 1.807) is 32.4 Å². The second-order valence-electron chi connectivity index (χ2n) is 12.7. The minimum atomic E-state index is -0.0279. The van der Waals surface area contributed by atoms with Crippen molar-refractivity contribution in [1.82, 2.24) is 38.4 Å². The second kappa shape index (κ2) is 9.72. The summed E-state index contributed by atoms with van der Waals surface area (Å²) in [4.78, 5) is 43.3. The van der Waals surface area contributed by atoms with E-state index in [2.05, 4.69) is 39.2 Å². The fraction of sp³-hybridized carbons (Fsp3) is 0.353. The molecule has 0 spiro atoms. The monoisotopic (exact) mass is 604 g/mol. The standard InChI is InChI=1S/C18H19N5O.C16H17N3O2/c1-9-10-5-4-6-11-12-7-14-15(23(3)18(24)22(14)2)8-13(12)19-16(11)17(10)21-20-9;1-18-12-7-10-9-5-3-4-6-14(20)15(9)17-11(10)8-13(12)19(2)16(18)21/h7-8,19H,4-6H2,1-3H3,(H,20,21);7-8,17H,3-6H2,1-2H3. The van der Waals surface area contributed by atoms with Crippen LogP contribution in [0.4, 0.5) is 0 Å². The summed E-state index contributed by atoms with van der Waals surface area (Å²) in [6, 6.07) is 8.25. The maximum atomic E-state index is 12.2. The number of carbonyl (C=O) groups is 1. The molecule has 0 saturated carbocycles. The Morgan fingerprint density at radius 2 is 1.07 bits per heavy atom. The van der Waals surface area contributed by atoms with Gasteiger partial charge in [0, 0.05) is 67.7 Å². The quantitative estimate of drug-likeness (QED) is 0.214. The zero-order chi connectivity index (χ0) is 31.3. The van der Waals surface area contributed by atoms with Gasteiger partial charge in [0.25, 0.3) is 0 Å². The average Bonchev–Trinajstić information content (AvgIpc) is 3.73. The number of ketones is 1. The summed E-state index contributed by atoms with van der Waals surface area (Å²) < 4.78 is 6.72. The molecule has 0 saturated heterocycles. The lowest BCUT2D eigenvalue weighted by atomic mass is 10.1. The first-order valence-electron chi connectivity index (χ1n) is 15.6. The van der Waals surface area contributed by atoms with Gasteiger partial charge in [-0.3, -0.25) is 28.2 Å². The van der Waals surface area contributed by atoms with Crippen LogP contribution >= 0.6 is 0 Å². The summed E-state index contributed by atoms with van der Waals surface area (Å²) in [7, 11) is 7.21. The highest BCUT2D eigenvalue weighted by atomic mass is 16.2. The van der Waals surface area contributed by atoms with Gasteiger partial charge in [0.15, 0.2) is 5.78 Å². The van der Waals surface area contributed by atoms with Crippen LogP contribution in [0, 0.1) is 6.92 Å². The van der Waals surface area contributed by atoms with Crippen LogP contribution in [0.2, 0.25) is 0 Å². The molecule has 2 aliphatic rings. The smallest absolute Gasteiger partial charge is 0.328 e. The molecule has 0 aliphatic heterocycles. The van der Waals surface area contributed by atoms with Gasteiger partial charge in [0.2, 0.25) is 0 Å². The number of carbonyl (C=O) groups excluding carboxylic acids is 1. The summed E-state index contributed by atoms with van der Waals surface area (Å²) >= 11 is 0. The lowest BCUT2D eigenvalue weighted by Crippen LogP contribution is -2.19. The summed E-state index contributed by atoms with van der Waals surface area (Å²) in [6.45, 7) is 2.09. The number of nitrogens with one attached hydrogen (secondary N) is 3. The van der Waals surface area contributed by atoms with E-state index in [4.69, 9.17) is 0 Å². The molecule has 0 fully saturated rings. The molecule has 2 aliphatic carbocycles. The number of nitrogens with zero attached hydrogens (tertiary/aromatic N) is 5. The van der Waals surface area contributed by atoms with Gasteiger partial charge < -0.3 is 9.97 Å². The Labute approximate surface area is 257 Å². The van der Waals surface area contributed by atoms with Crippen molar-refractivity contribution in [3.63, 3.8) is 0 Å². The van der Waals surface area contributed by atoms with Crippen LogP contribution in [0.25, 0.3) is 55.3 Å². The molecular formula is C34H36N8O3. The number of rotatable bonds is 0. The zero-order valence-electron chi connectivity index (χ0n) is 26.2. The number of aryl methyl sites for hydroxylation is 7. The van der Waals surface area contributed by atoms with Gasteiger partial charge in [0.1, 0.15) is 5.69 Å². The van der Waals surface area contributed by atoms with Crippen molar-refractivity contribution < 1.29 is 4.79 Å². The second-order valence-corrected chi connectivity index (χ2v) is 12.7. The number of hydrogen-bond donors (Lipinski definition) is 3. The summed E-state index contributed by atoms with van der Waals surface area (Å²) in [5.74, 6) is 0.205. The molecular weight excluding hydrogens is 568 g/mol. The van der Waals surface area contributed by atoms with E-state index in [9.17, 15) is 14.4 Å². The Morgan fingerprint density at radius 1 is 0.600 bits per heavy atom. The molecule has 5 heterocycles. The molecule has 3 N–H and O–H groups in total. The molecule has 5 aromatic heterocycles. The van der Waals surface area contributed by atoms with E-state index in [1.165, 1.54) is 16.5 Å². The number of hydrogen-bond acceptors (Lipinski definition) is 4. The first-order chi connectivity index (χ1) is 21.6. The van der Waals surface area contributed by atoms with Gasteiger partial charge in [-0.1, -0.05) is 0 Å². The van der Waals surface area contributed by atoms with Crippen molar-refractivity contribution in [1.29, 1.82) is 0 Å². The number of benzene rings is 2. The zero-order valence-corrected chi connectivity index (χ0v) is 26.2. The number of imidazole rings is 2. The van der Waals surface area contributed by atoms with Crippen molar-refractivity contribution in [2.24, 2.45) is 28.2 Å². The van der Waals surface area contributed by atoms with E-state index in [1.807, 2.05) is 26.2 Å². The summed E-state index contributed by atoms with van der Waals surface area (Å²) in [6.07, 6.45) is 6.72. The summed E-state index contributed by atoms with van der Waals surface area (Å²) in [5, 5.41) is 9.95. The van der Waals surface area contributed by atoms with E-state index in [0.29, 0.717) is 6.42 Å². The maximum Gasteiger partial charge on any atom is 0.328 e. The van der Waals surface area contributed by atoms with Crippen LogP contribution in [-0.2, 0) is 47.5 Å². The highest BCUT2D eigenvalue weighted by molar-refractivity contribution is 6.05. The fourth-order valence-electron chi connectivity index (χ4n) is 7.56. The van der Waals surface area contributed by atoms with Crippen molar-refractivity contribution in [3.8, 4) is 11.4 Å². The van der Waals surface area contributed by atoms with Crippen molar-refractivity contribution >= 4 is 49.7 Å². The third kappa shape index (κ3) is 3.89. The first-order valence-corrected chi connectivity index (χ1v) is 15.6. The third-order valence-corrected chi connectivity index (χ3v) is 10.1. The molecule has 9 rings (SSSR count). The number of aromatic nitrogens is 8. The van der Waals surface area contributed by atoms with Gasteiger partial charge in [-0.2, -0.15) is 5.10 Å². The molecule has 0 amide bonds. The highest BCUT2D eigenvalue weighted by Crippen LogP contribution is 2.37. The molecule has 11 heteroatoms. The molecule has 0 atom stereocenters. The van der Waals surface area contributed by atoms with Crippen LogP contribution < -0.4 is 11.4 Å². The van der Waals surface area contributed by atoms with Gasteiger partial charge >= 0.3 is 11.4 Å². The third-order valence-electron chi connectivity index (χ3n) is 10.1. The molecule has 0 bridgehead atoms. The van der Waals surface area contributed by atoms with Crippen LogP contribution in [0.15, 0.2) is 33.9 Å². The Morgan fingerprint density at radius 3 is 1.67 bits per heavy atom. The lowest BCUT2D eigenvalue weighted by Gasteiger charge is -2.00. The Bertz CT molecular complexity index is 2490. The SMILES string of the molecule is Cc1[nH]nc2c1CCCc1c-2[nH]c2cc3c(cc12)n(C)c(=O)n3C.Cn1c(=O)n(C)c2cc3c4c([nH]c3cc21)C(=O)CCCC4. The van der Waals surface area contributed by atoms with Crippen molar-refractivity contribution in [2.45, 2.75) is 51.9 Å². The van der Waals surface area contributed by atoms with E-state index >= 15 is 0 Å². The molecule has 230 valence electrons. The fourth-order valence-corrected chi connectivity index (χ4v) is 7.56. The van der Waals surface area contributed by atoms with Gasteiger partial charge in [-0.25, -0.2) is 9.59 Å². The molecule has 2 aromatic carbocycles. The van der Waals surface area contributed by atoms with Gasteiger partial charge in [-0.15, -0.1) is 0 Å². The predicted molar refractivity (Wildman–Crippen MR) is 176 cm³/mol. The molecule has 0 unspecified atom stereocenters. The Balaban J connectivity index is 0.000000135. The summed E-state index contributed by atoms with van der Waals surface area (Å²) in [5.41, 5.74) is 13.6. The molecule has 45 heavy (non-hydrogen) atoms. The van der Waals surface area contributed by atoms with Crippen LogP contribution in [0.3, 0.4) is 0 Å².